The average molecular weight is 372 g/mol. The van der Waals surface area contributed by atoms with Crippen LogP contribution in [0.3, 0.4) is 0 Å². The molecule has 1 aromatic heterocycles. The van der Waals surface area contributed by atoms with Crippen molar-refractivity contribution in [3.63, 3.8) is 0 Å². The van der Waals surface area contributed by atoms with Gasteiger partial charge in [0, 0.05) is 30.2 Å². The van der Waals surface area contributed by atoms with Crippen molar-refractivity contribution in [2.24, 2.45) is 0 Å². The molecule has 3 rings (SSSR count). The van der Waals surface area contributed by atoms with E-state index < -0.39 is 15.7 Å². The molecule has 0 spiro atoms. The van der Waals surface area contributed by atoms with E-state index in [9.17, 15) is 17.8 Å². The van der Waals surface area contributed by atoms with E-state index in [0.29, 0.717) is 16.7 Å². The van der Waals surface area contributed by atoms with Gasteiger partial charge < -0.3 is 13.9 Å². The lowest BCUT2D eigenvalue weighted by atomic mass is 10.1. The highest BCUT2D eigenvalue weighted by Gasteiger charge is 2.11. The first kappa shape index (κ1) is 18.2. The minimum Gasteiger partial charge on any atom is -0.744 e. The second-order valence-electron chi connectivity index (χ2n) is 5.82. The maximum atomic E-state index is 12.4. The van der Waals surface area contributed by atoms with E-state index in [-0.39, 0.29) is 4.90 Å². The number of rotatable bonds is 5. The smallest absolute Gasteiger partial charge is 0.344 e. The Kier molecular flexibility index (Phi) is 4.84. The van der Waals surface area contributed by atoms with Crippen LogP contribution in [-0.2, 0) is 10.1 Å². The molecule has 0 aliphatic heterocycles. The Hall–Kier alpha value is -2.64. The Morgan fingerprint density at radius 3 is 2.23 bits per heavy atom. The second kappa shape index (κ2) is 6.93. The third-order valence-electron chi connectivity index (χ3n) is 4.30. The van der Waals surface area contributed by atoms with Crippen LogP contribution in [-0.4, -0.2) is 26.1 Å². The van der Waals surface area contributed by atoms with Crippen molar-refractivity contribution in [3.05, 3.63) is 59.0 Å². The summed E-state index contributed by atoms with van der Waals surface area (Å²) in [6, 6.07) is 12.6. The summed E-state index contributed by atoms with van der Waals surface area (Å²) in [5.41, 5.74) is 1.74. The molecule has 0 unspecified atom stereocenters. The van der Waals surface area contributed by atoms with E-state index in [1.807, 2.05) is 18.2 Å². The topological polar surface area (TPSA) is 90.6 Å². The number of benzene rings is 2. The summed E-state index contributed by atoms with van der Waals surface area (Å²) in [7, 11) is -4.52. The van der Waals surface area contributed by atoms with Gasteiger partial charge in [0.05, 0.1) is 10.5 Å². The van der Waals surface area contributed by atoms with E-state index in [1.165, 1.54) is 24.3 Å². The Balaban J connectivity index is 2.07. The Labute approximate surface area is 151 Å². The molecule has 0 atom stereocenters. The molecule has 0 aliphatic carbocycles. The lowest BCUT2D eigenvalue weighted by Crippen LogP contribution is -2.21. The first-order valence-corrected chi connectivity index (χ1v) is 9.63. The first-order valence-electron chi connectivity index (χ1n) is 8.22. The number of hydrogen-bond donors (Lipinski definition) is 0. The van der Waals surface area contributed by atoms with E-state index in [2.05, 4.69) is 18.7 Å². The summed E-state index contributed by atoms with van der Waals surface area (Å²) in [5, 5.41) is 0.760. The molecule has 0 saturated heterocycles. The molecule has 2 aromatic carbocycles. The normalized spacial score (nSPS) is 11.7. The monoisotopic (exact) mass is 372 g/mol. The summed E-state index contributed by atoms with van der Waals surface area (Å²) >= 11 is 0. The predicted molar refractivity (Wildman–Crippen MR) is 99.4 cm³/mol. The maximum Gasteiger partial charge on any atom is 0.344 e. The average Bonchev–Trinajstić information content (AvgIpc) is 2.61. The van der Waals surface area contributed by atoms with Crippen LogP contribution in [0.4, 0.5) is 5.69 Å². The summed E-state index contributed by atoms with van der Waals surface area (Å²) in [5.74, 6) is 0. The standard InChI is InChI=1S/C19H19NO5S/c1-3-20(4-2)15-8-5-14-11-17(19(21)25-18(14)12-15)13-6-9-16(10-7-13)26(22,23)24/h5-12H,3-4H2,1-2H3,(H,22,23,24)/p-1. The van der Waals surface area contributed by atoms with Crippen molar-refractivity contribution in [3.8, 4) is 11.1 Å². The molecule has 0 N–H and O–H groups in total. The number of fused-ring (bicyclic) bond motifs is 1. The minimum absolute atomic E-state index is 0.308. The second-order valence-corrected chi connectivity index (χ2v) is 7.20. The fourth-order valence-corrected chi connectivity index (χ4v) is 3.36. The Morgan fingerprint density at radius 2 is 1.65 bits per heavy atom. The lowest BCUT2D eigenvalue weighted by Gasteiger charge is -2.21. The summed E-state index contributed by atoms with van der Waals surface area (Å²) in [4.78, 5) is 14.2. The van der Waals surface area contributed by atoms with Gasteiger partial charge in [0.2, 0.25) is 0 Å². The fourth-order valence-electron chi connectivity index (χ4n) is 2.89. The zero-order valence-corrected chi connectivity index (χ0v) is 15.2. The summed E-state index contributed by atoms with van der Waals surface area (Å²) in [6.45, 7) is 5.80. The molecule has 0 aliphatic rings. The predicted octanol–water partition coefficient (Wildman–Crippen LogP) is 3.21. The van der Waals surface area contributed by atoms with Crippen LogP contribution in [0.15, 0.2) is 62.6 Å². The Bertz CT molecular complexity index is 1100. The fraction of sp³-hybridized carbons (Fsp3) is 0.211. The molecule has 0 bridgehead atoms. The molecule has 1 heterocycles. The molecular weight excluding hydrogens is 354 g/mol. The molecular formula is C19H18NO5S-. The molecule has 7 heteroatoms. The van der Waals surface area contributed by atoms with E-state index >= 15 is 0 Å². The first-order chi connectivity index (χ1) is 12.3. The molecule has 0 saturated carbocycles. The highest BCUT2D eigenvalue weighted by molar-refractivity contribution is 7.85. The summed E-state index contributed by atoms with van der Waals surface area (Å²) < 4.78 is 38.5. The van der Waals surface area contributed by atoms with Gasteiger partial charge in [0.15, 0.2) is 0 Å². The highest BCUT2D eigenvalue weighted by Crippen LogP contribution is 2.25. The van der Waals surface area contributed by atoms with Gasteiger partial charge in [0.1, 0.15) is 15.7 Å². The molecule has 136 valence electrons. The Morgan fingerprint density at radius 1 is 1.00 bits per heavy atom. The van der Waals surface area contributed by atoms with Crippen LogP contribution in [0, 0.1) is 0 Å². The maximum absolute atomic E-state index is 12.4. The van der Waals surface area contributed by atoms with Gasteiger partial charge in [-0.3, -0.25) is 0 Å². The van der Waals surface area contributed by atoms with E-state index in [0.717, 1.165) is 24.2 Å². The van der Waals surface area contributed by atoms with Crippen LogP contribution in [0.25, 0.3) is 22.1 Å². The minimum atomic E-state index is -4.52. The SMILES string of the molecule is CCN(CC)c1ccc2cc(-c3ccc(S(=O)(=O)[O-])cc3)c(=O)oc2c1. The summed E-state index contributed by atoms with van der Waals surface area (Å²) in [6.07, 6.45) is 0. The quantitative estimate of drug-likeness (QED) is 0.504. The molecule has 0 radical (unpaired) electrons. The molecule has 0 fully saturated rings. The van der Waals surface area contributed by atoms with Crippen LogP contribution in [0.2, 0.25) is 0 Å². The van der Waals surface area contributed by atoms with Crippen molar-refractivity contribution in [2.75, 3.05) is 18.0 Å². The molecule has 6 nitrogen and oxygen atoms in total. The largest absolute Gasteiger partial charge is 0.744 e. The zero-order valence-electron chi connectivity index (χ0n) is 14.4. The van der Waals surface area contributed by atoms with E-state index in [1.54, 1.807) is 6.07 Å². The van der Waals surface area contributed by atoms with Gasteiger partial charge in [0.25, 0.3) is 0 Å². The van der Waals surface area contributed by atoms with Crippen LogP contribution in [0.5, 0.6) is 0 Å². The van der Waals surface area contributed by atoms with Crippen molar-refractivity contribution >= 4 is 26.8 Å². The number of nitrogens with zero attached hydrogens (tertiary/aromatic N) is 1. The number of hydrogen-bond acceptors (Lipinski definition) is 6. The van der Waals surface area contributed by atoms with Crippen molar-refractivity contribution in [1.82, 2.24) is 0 Å². The van der Waals surface area contributed by atoms with Crippen LogP contribution < -0.4 is 10.5 Å². The van der Waals surface area contributed by atoms with Gasteiger partial charge in [-0.25, -0.2) is 13.2 Å². The molecule has 3 aromatic rings. The highest BCUT2D eigenvalue weighted by atomic mass is 32.2. The van der Waals surface area contributed by atoms with Gasteiger partial charge in [-0.2, -0.15) is 0 Å². The molecule has 26 heavy (non-hydrogen) atoms. The van der Waals surface area contributed by atoms with Gasteiger partial charge in [-0.05, 0) is 49.7 Å². The number of anilines is 1. The van der Waals surface area contributed by atoms with Gasteiger partial charge in [-0.15, -0.1) is 0 Å². The molecule has 0 amide bonds. The third-order valence-corrected chi connectivity index (χ3v) is 5.15. The van der Waals surface area contributed by atoms with Gasteiger partial charge in [-0.1, -0.05) is 12.1 Å². The van der Waals surface area contributed by atoms with Crippen LogP contribution >= 0.6 is 0 Å². The van der Waals surface area contributed by atoms with Gasteiger partial charge >= 0.3 is 5.63 Å². The zero-order chi connectivity index (χ0) is 18.9. The van der Waals surface area contributed by atoms with Crippen LogP contribution in [0.1, 0.15) is 13.8 Å². The van der Waals surface area contributed by atoms with E-state index in [4.69, 9.17) is 4.42 Å². The third kappa shape index (κ3) is 3.49. The van der Waals surface area contributed by atoms with Crippen molar-refractivity contribution in [1.29, 1.82) is 0 Å². The lowest BCUT2D eigenvalue weighted by molar-refractivity contribution is 0.463. The van der Waals surface area contributed by atoms with Crippen molar-refractivity contribution < 1.29 is 17.4 Å². The van der Waals surface area contributed by atoms with Crippen molar-refractivity contribution in [2.45, 2.75) is 18.7 Å².